The van der Waals surface area contributed by atoms with Crippen LogP contribution in [-0.2, 0) is 14.1 Å². The van der Waals surface area contributed by atoms with E-state index >= 15 is 0 Å². The number of benzene rings is 1. The summed E-state index contributed by atoms with van der Waals surface area (Å²) in [5, 5.41) is -1.31. The van der Waals surface area contributed by atoms with E-state index in [0.29, 0.717) is 0 Å². The third-order valence-electron chi connectivity index (χ3n) is 2.61. The third kappa shape index (κ3) is 3.19. The van der Waals surface area contributed by atoms with Gasteiger partial charge in [0.05, 0.1) is 13.0 Å². The highest BCUT2D eigenvalue weighted by Crippen LogP contribution is 2.51. The number of rotatable bonds is 5. The summed E-state index contributed by atoms with van der Waals surface area (Å²) in [6.45, 7) is 3.27. The van der Waals surface area contributed by atoms with Gasteiger partial charge >= 0.3 is 5.97 Å². The molecule has 0 aliphatic rings. The lowest BCUT2D eigenvalue weighted by Crippen LogP contribution is -2.41. The number of nitrogens with two attached hydrogens (primary N) is 1. The van der Waals surface area contributed by atoms with Gasteiger partial charge in [-0.05, 0) is 26.0 Å². The Balaban J connectivity index is 2.96. The van der Waals surface area contributed by atoms with Gasteiger partial charge in [0.25, 0.3) is 0 Å². The second kappa shape index (κ2) is 5.65. The van der Waals surface area contributed by atoms with Crippen molar-refractivity contribution < 1.29 is 19.0 Å². The molecule has 0 spiro atoms. The molecule has 100 valence electrons. The van der Waals surface area contributed by atoms with Gasteiger partial charge in [0.2, 0.25) is 7.37 Å². The summed E-state index contributed by atoms with van der Waals surface area (Å²) < 4.78 is 17.2. The van der Waals surface area contributed by atoms with Crippen molar-refractivity contribution in [3.8, 4) is 0 Å². The highest BCUT2D eigenvalue weighted by molar-refractivity contribution is 7.67. The monoisotopic (exact) mass is 271 g/mol. The van der Waals surface area contributed by atoms with Crippen molar-refractivity contribution in [3.05, 3.63) is 30.3 Å². The molecule has 0 saturated carbocycles. The fraction of sp³-hybridized carbons (Fsp3) is 0.417. The van der Waals surface area contributed by atoms with Gasteiger partial charge in [-0.15, -0.1) is 0 Å². The van der Waals surface area contributed by atoms with E-state index in [2.05, 4.69) is 0 Å². The van der Waals surface area contributed by atoms with E-state index in [4.69, 9.17) is 10.5 Å². The Hall–Kier alpha value is -1.16. The van der Waals surface area contributed by atoms with Crippen molar-refractivity contribution in [2.45, 2.75) is 25.5 Å². The molecule has 0 saturated heterocycles. The van der Waals surface area contributed by atoms with Crippen LogP contribution in [-0.4, -0.2) is 22.7 Å². The molecule has 0 aliphatic heterocycles. The molecular formula is C12H18NO4P. The van der Waals surface area contributed by atoms with Crippen molar-refractivity contribution in [1.29, 1.82) is 0 Å². The Morgan fingerprint density at radius 2 is 2.00 bits per heavy atom. The van der Waals surface area contributed by atoms with Gasteiger partial charge in [-0.1, -0.05) is 18.2 Å². The van der Waals surface area contributed by atoms with E-state index < -0.39 is 18.6 Å². The second-order valence-electron chi connectivity index (χ2n) is 4.25. The number of ether oxygens (including phenoxy) is 1. The fourth-order valence-electron chi connectivity index (χ4n) is 1.54. The zero-order valence-electron chi connectivity index (χ0n) is 10.5. The molecule has 18 heavy (non-hydrogen) atoms. The standard InChI is InChI=1S/C12H18NO4P/c1-3-17-11(14)9-12(2,13)18(15,16)10-7-5-4-6-8-10/h4-8H,3,9,13H2,1-2H3,(H,15,16). The van der Waals surface area contributed by atoms with E-state index in [-0.39, 0.29) is 18.3 Å². The zero-order valence-corrected chi connectivity index (χ0v) is 11.4. The molecule has 5 nitrogen and oxygen atoms in total. The molecule has 3 N–H and O–H groups in total. The Labute approximate surface area is 106 Å². The molecule has 6 heteroatoms. The van der Waals surface area contributed by atoms with Crippen molar-refractivity contribution in [3.63, 3.8) is 0 Å². The molecule has 0 bridgehead atoms. The number of carbonyl (C=O) groups is 1. The van der Waals surface area contributed by atoms with Gasteiger partial charge in [-0.25, -0.2) is 0 Å². The Kier molecular flexibility index (Phi) is 4.68. The van der Waals surface area contributed by atoms with Crippen LogP contribution in [0.15, 0.2) is 30.3 Å². The van der Waals surface area contributed by atoms with Crippen LogP contribution in [0.2, 0.25) is 0 Å². The third-order valence-corrected chi connectivity index (χ3v) is 5.15. The largest absolute Gasteiger partial charge is 0.466 e. The summed E-state index contributed by atoms with van der Waals surface area (Å²) >= 11 is 0. The van der Waals surface area contributed by atoms with E-state index in [9.17, 15) is 14.3 Å². The van der Waals surface area contributed by atoms with Crippen LogP contribution in [0.5, 0.6) is 0 Å². The second-order valence-corrected chi connectivity index (χ2v) is 6.94. The average Bonchev–Trinajstić information content (AvgIpc) is 2.29. The molecule has 0 aromatic heterocycles. The molecule has 1 rings (SSSR count). The minimum absolute atomic E-state index is 0.218. The van der Waals surface area contributed by atoms with Gasteiger partial charge < -0.3 is 15.4 Å². The lowest BCUT2D eigenvalue weighted by atomic mass is 10.2. The van der Waals surface area contributed by atoms with E-state index in [1.165, 1.54) is 19.1 Å². The zero-order chi connectivity index (χ0) is 13.8. The van der Waals surface area contributed by atoms with Crippen LogP contribution in [0.4, 0.5) is 0 Å². The smallest absolute Gasteiger partial charge is 0.308 e. The first-order valence-corrected chi connectivity index (χ1v) is 7.30. The summed E-state index contributed by atoms with van der Waals surface area (Å²) in [6.07, 6.45) is -0.302. The molecule has 0 heterocycles. The van der Waals surface area contributed by atoms with E-state index in [0.717, 1.165) is 0 Å². The van der Waals surface area contributed by atoms with Gasteiger partial charge in [-0.2, -0.15) is 0 Å². The SMILES string of the molecule is CCOC(=O)CC(C)(N)P(=O)(O)c1ccccc1. The van der Waals surface area contributed by atoms with Crippen LogP contribution in [0, 0.1) is 0 Å². The van der Waals surface area contributed by atoms with Gasteiger partial charge in [0.15, 0.2) is 0 Å². The molecule has 0 amide bonds. The summed E-state index contributed by atoms with van der Waals surface area (Å²) in [6, 6.07) is 8.09. The maximum atomic E-state index is 12.4. The van der Waals surface area contributed by atoms with E-state index in [1.54, 1.807) is 25.1 Å². The van der Waals surface area contributed by atoms with Crippen molar-refractivity contribution >= 4 is 18.6 Å². The van der Waals surface area contributed by atoms with Gasteiger partial charge in [-0.3, -0.25) is 9.36 Å². The molecule has 1 aromatic rings. The van der Waals surface area contributed by atoms with Gasteiger partial charge in [0.1, 0.15) is 5.28 Å². The molecule has 2 atom stereocenters. The van der Waals surface area contributed by atoms with Crippen molar-refractivity contribution in [1.82, 2.24) is 0 Å². The lowest BCUT2D eigenvalue weighted by Gasteiger charge is -2.29. The van der Waals surface area contributed by atoms with Gasteiger partial charge in [0, 0.05) is 5.30 Å². The first kappa shape index (κ1) is 14.9. The molecule has 0 radical (unpaired) electrons. The number of esters is 1. The number of carbonyl (C=O) groups excluding carboxylic acids is 1. The highest BCUT2D eigenvalue weighted by atomic mass is 31.2. The minimum Gasteiger partial charge on any atom is -0.466 e. The maximum Gasteiger partial charge on any atom is 0.308 e. The molecule has 0 aliphatic carbocycles. The maximum absolute atomic E-state index is 12.4. The first-order chi connectivity index (χ1) is 8.31. The van der Waals surface area contributed by atoms with Crippen LogP contribution < -0.4 is 11.0 Å². The van der Waals surface area contributed by atoms with Crippen LogP contribution >= 0.6 is 7.37 Å². The molecule has 1 aromatic carbocycles. The summed E-state index contributed by atoms with van der Waals surface area (Å²) in [4.78, 5) is 21.6. The summed E-state index contributed by atoms with van der Waals surface area (Å²) in [7, 11) is -3.85. The van der Waals surface area contributed by atoms with Crippen molar-refractivity contribution in [2.75, 3.05) is 6.61 Å². The molecular weight excluding hydrogens is 253 g/mol. The predicted molar refractivity (Wildman–Crippen MR) is 69.7 cm³/mol. The van der Waals surface area contributed by atoms with Crippen molar-refractivity contribution in [2.24, 2.45) is 5.73 Å². The van der Waals surface area contributed by atoms with Crippen LogP contribution in [0.25, 0.3) is 0 Å². The Morgan fingerprint density at radius 1 is 1.44 bits per heavy atom. The van der Waals surface area contributed by atoms with E-state index in [1.807, 2.05) is 0 Å². The topological polar surface area (TPSA) is 89.6 Å². The molecule has 0 fully saturated rings. The fourth-order valence-corrected chi connectivity index (χ4v) is 3.05. The van der Waals surface area contributed by atoms with Crippen LogP contribution in [0.3, 0.4) is 0 Å². The Bertz CT molecular complexity index is 458. The highest BCUT2D eigenvalue weighted by Gasteiger charge is 2.43. The summed E-state index contributed by atoms with van der Waals surface area (Å²) in [5.74, 6) is -0.576. The minimum atomic E-state index is -3.85. The average molecular weight is 271 g/mol. The quantitative estimate of drug-likeness (QED) is 0.620. The predicted octanol–water partition coefficient (Wildman–Crippen LogP) is 1.21. The lowest BCUT2D eigenvalue weighted by molar-refractivity contribution is -0.143. The summed E-state index contributed by atoms with van der Waals surface area (Å²) in [5.41, 5.74) is 5.84. The normalized spacial score (nSPS) is 17.6. The first-order valence-electron chi connectivity index (χ1n) is 5.64. The van der Waals surface area contributed by atoms with Crippen LogP contribution in [0.1, 0.15) is 20.3 Å². The number of hydrogen-bond donors (Lipinski definition) is 2. The Morgan fingerprint density at radius 3 is 2.50 bits per heavy atom. The number of hydrogen-bond acceptors (Lipinski definition) is 4. The molecule has 2 unspecified atom stereocenters.